The van der Waals surface area contributed by atoms with Crippen LogP contribution in [0.5, 0.6) is 0 Å². The molecule has 3 heteroatoms. The van der Waals surface area contributed by atoms with Crippen molar-refractivity contribution in [2.45, 2.75) is 25.7 Å². The van der Waals surface area contributed by atoms with E-state index in [0.717, 1.165) is 28.4 Å². The summed E-state index contributed by atoms with van der Waals surface area (Å²) < 4.78 is 14.1. The third-order valence-electron chi connectivity index (χ3n) is 2.26. The zero-order valence-electron chi connectivity index (χ0n) is 6.77. The second-order valence-electron chi connectivity index (χ2n) is 3.21. The Bertz CT molecular complexity index is 321. The average Bonchev–Trinajstić information content (AvgIpc) is 2.81. The van der Waals surface area contributed by atoms with Crippen LogP contribution in [0.2, 0.25) is 0 Å². The Morgan fingerprint density at radius 1 is 1.58 bits per heavy atom. The summed E-state index contributed by atoms with van der Waals surface area (Å²) in [4.78, 5) is 3.69. The van der Waals surface area contributed by atoms with Crippen molar-refractivity contribution >= 4 is 15.9 Å². The van der Waals surface area contributed by atoms with Gasteiger partial charge in [-0.05, 0) is 47.2 Å². The summed E-state index contributed by atoms with van der Waals surface area (Å²) in [6.07, 6.45) is 3.74. The van der Waals surface area contributed by atoms with Crippen LogP contribution >= 0.6 is 15.9 Å². The van der Waals surface area contributed by atoms with Crippen molar-refractivity contribution in [2.75, 3.05) is 0 Å². The molecule has 0 aliphatic heterocycles. The molecule has 12 heavy (non-hydrogen) atoms. The molecule has 0 bridgehead atoms. The first-order valence-electron chi connectivity index (χ1n) is 4.00. The van der Waals surface area contributed by atoms with Crippen LogP contribution in [0.15, 0.2) is 10.7 Å². The summed E-state index contributed by atoms with van der Waals surface area (Å²) in [6.45, 7) is 1.93. The molecular formula is C9H9BrFN. The highest BCUT2D eigenvalue weighted by molar-refractivity contribution is 9.10. The molecule has 1 aromatic rings. The van der Waals surface area contributed by atoms with Gasteiger partial charge in [0.1, 0.15) is 0 Å². The number of aromatic nitrogens is 1. The average molecular weight is 230 g/mol. The molecule has 1 fully saturated rings. The summed E-state index contributed by atoms with van der Waals surface area (Å²) >= 11 is 3.35. The molecule has 0 spiro atoms. The van der Waals surface area contributed by atoms with E-state index in [2.05, 4.69) is 20.9 Å². The van der Waals surface area contributed by atoms with Crippen LogP contribution in [0.4, 0.5) is 4.39 Å². The van der Waals surface area contributed by atoms with Gasteiger partial charge in [0.2, 0.25) is 5.95 Å². The quantitative estimate of drug-likeness (QED) is 0.675. The predicted molar refractivity (Wildman–Crippen MR) is 48.6 cm³/mol. The topological polar surface area (TPSA) is 12.9 Å². The van der Waals surface area contributed by atoms with Gasteiger partial charge < -0.3 is 0 Å². The summed E-state index contributed by atoms with van der Waals surface area (Å²) in [5.74, 6) is 0.133. The number of halogens is 2. The lowest BCUT2D eigenvalue weighted by Gasteiger charge is -2.05. The summed E-state index contributed by atoms with van der Waals surface area (Å²) in [6, 6.07) is 0. The first-order chi connectivity index (χ1) is 5.70. The number of hydrogen-bond acceptors (Lipinski definition) is 1. The van der Waals surface area contributed by atoms with Gasteiger partial charge in [0.15, 0.2) is 0 Å². The maximum absolute atomic E-state index is 13.2. The van der Waals surface area contributed by atoms with E-state index in [1.165, 1.54) is 6.20 Å². The van der Waals surface area contributed by atoms with Gasteiger partial charge in [-0.3, -0.25) is 0 Å². The van der Waals surface area contributed by atoms with E-state index in [4.69, 9.17) is 0 Å². The van der Waals surface area contributed by atoms with E-state index in [9.17, 15) is 4.39 Å². The number of pyridine rings is 1. The number of nitrogens with zero attached hydrogens (tertiary/aromatic N) is 1. The van der Waals surface area contributed by atoms with Crippen molar-refractivity contribution in [3.8, 4) is 0 Å². The van der Waals surface area contributed by atoms with Gasteiger partial charge in [-0.15, -0.1) is 0 Å². The Morgan fingerprint density at radius 3 is 2.83 bits per heavy atom. The summed E-state index contributed by atoms with van der Waals surface area (Å²) in [5, 5.41) is 0. The van der Waals surface area contributed by atoms with Crippen LogP contribution in [0.3, 0.4) is 0 Å². The Labute approximate surface area is 79.1 Å². The fourth-order valence-corrected chi connectivity index (χ4v) is 1.73. The van der Waals surface area contributed by atoms with Crippen LogP contribution in [-0.2, 0) is 0 Å². The van der Waals surface area contributed by atoms with Crippen molar-refractivity contribution in [1.82, 2.24) is 4.98 Å². The summed E-state index contributed by atoms with van der Waals surface area (Å²) in [5.41, 5.74) is 1.81. The molecule has 0 N–H and O–H groups in total. The highest BCUT2D eigenvalue weighted by Gasteiger charge is 2.29. The van der Waals surface area contributed by atoms with Crippen molar-refractivity contribution in [3.05, 3.63) is 27.7 Å². The largest absolute Gasteiger partial charge is 0.227 e. The Hall–Kier alpha value is -0.440. The van der Waals surface area contributed by atoms with E-state index in [1.807, 2.05) is 6.92 Å². The standard InChI is InChI=1S/C9H9BrFN/c1-5-7(10)4-12-9(11)8(5)6-2-3-6/h4,6H,2-3H2,1H3. The van der Waals surface area contributed by atoms with Crippen molar-refractivity contribution in [2.24, 2.45) is 0 Å². The van der Waals surface area contributed by atoms with Gasteiger partial charge >= 0.3 is 0 Å². The maximum atomic E-state index is 13.2. The Balaban J connectivity index is 2.55. The molecule has 0 radical (unpaired) electrons. The highest BCUT2D eigenvalue weighted by Crippen LogP contribution is 2.43. The van der Waals surface area contributed by atoms with Crippen LogP contribution < -0.4 is 0 Å². The molecule has 1 aliphatic carbocycles. The normalized spacial score (nSPS) is 16.6. The molecule has 1 aliphatic rings. The molecule has 1 saturated carbocycles. The third-order valence-corrected chi connectivity index (χ3v) is 3.06. The second-order valence-corrected chi connectivity index (χ2v) is 4.06. The third kappa shape index (κ3) is 1.26. The SMILES string of the molecule is Cc1c(Br)cnc(F)c1C1CC1. The monoisotopic (exact) mass is 229 g/mol. The maximum Gasteiger partial charge on any atom is 0.216 e. The molecule has 0 unspecified atom stereocenters. The minimum absolute atomic E-state index is 0.293. The molecule has 1 aromatic heterocycles. The lowest BCUT2D eigenvalue weighted by atomic mass is 10.1. The first-order valence-corrected chi connectivity index (χ1v) is 4.80. The smallest absolute Gasteiger partial charge is 0.216 e. The van der Waals surface area contributed by atoms with Crippen LogP contribution in [-0.4, -0.2) is 4.98 Å². The second kappa shape index (κ2) is 2.80. The number of rotatable bonds is 1. The van der Waals surface area contributed by atoms with Crippen LogP contribution in [0.25, 0.3) is 0 Å². The van der Waals surface area contributed by atoms with Gasteiger partial charge in [-0.2, -0.15) is 4.39 Å². The van der Waals surface area contributed by atoms with Crippen LogP contribution in [0, 0.1) is 12.9 Å². The Kier molecular flexibility index (Phi) is 1.91. The van der Waals surface area contributed by atoms with Gasteiger partial charge in [-0.25, -0.2) is 4.98 Å². The zero-order valence-corrected chi connectivity index (χ0v) is 8.36. The summed E-state index contributed by atoms with van der Waals surface area (Å²) in [7, 11) is 0. The lowest BCUT2D eigenvalue weighted by molar-refractivity contribution is 0.564. The van der Waals surface area contributed by atoms with E-state index >= 15 is 0 Å². The van der Waals surface area contributed by atoms with Gasteiger partial charge in [0.05, 0.1) is 0 Å². The van der Waals surface area contributed by atoms with E-state index < -0.39 is 0 Å². The minimum atomic E-state index is -0.293. The molecule has 0 amide bonds. The van der Waals surface area contributed by atoms with Gasteiger partial charge in [-0.1, -0.05) is 0 Å². The molecule has 1 nitrogen and oxygen atoms in total. The minimum Gasteiger partial charge on any atom is -0.227 e. The van der Waals surface area contributed by atoms with E-state index in [1.54, 1.807) is 0 Å². The fourth-order valence-electron chi connectivity index (χ4n) is 1.41. The van der Waals surface area contributed by atoms with Gasteiger partial charge in [0.25, 0.3) is 0 Å². The highest BCUT2D eigenvalue weighted by atomic mass is 79.9. The lowest BCUT2D eigenvalue weighted by Crippen LogP contribution is -1.96. The van der Waals surface area contributed by atoms with Crippen molar-refractivity contribution in [1.29, 1.82) is 0 Å². The molecule has 64 valence electrons. The first kappa shape index (κ1) is 8.17. The van der Waals surface area contributed by atoms with Crippen LogP contribution in [0.1, 0.15) is 29.9 Å². The number of hydrogen-bond donors (Lipinski definition) is 0. The molecule has 0 atom stereocenters. The fraction of sp³-hybridized carbons (Fsp3) is 0.444. The molecule has 0 saturated heterocycles. The Morgan fingerprint density at radius 2 is 2.25 bits per heavy atom. The van der Waals surface area contributed by atoms with E-state index in [0.29, 0.717) is 5.92 Å². The predicted octanol–water partition coefficient (Wildman–Crippen LogP) is 3.17. The molecule has 2 rings (SSSR count). The molecular weight excluding hydrogens is 221 g/mol. The zero-order chi connectivity index (χ0) is 8.72. The molecule has 0 aromatic carbocycles. The van der Waals surface area contributed by atoms with Crippen molar-refractivity contribution < 1.29 is 4.39 Å². The van der Waals surface area contributed by atoms with E-state index in [-0.39, 0.29) is 5.95 Å². The molecule has 1 heterocycles. The van der Waals surface area contributed by atoms with Crippen molar-refractivity contribution in [3.63, 3.8) is 0 Å². The van der Waals surface area contributed by atoms with Gasteiger partial charge in [0, 0.05) is 16.2 Å².